The van der Waals surface area contributed by atoms with Crippen LogP contribution < -0.4 is 0 Å². The Morgan fingerprint density at radius 1 is 1.29 bits per heavy atom. The van der Waals surface area contributed by atoms with Gasteiger partial charge in [-0.25, -0.2) is 4.79 Å². The van der Waals surface area contributed by atoms with Crippen LogP contribution in [0.1, 0.15) is 16.9 Å². The number of esters is 1. The van der Waals surface area contributed by atoms with Crippen molar-refractivity contribution in [3.05, 3.63) is 36.0 Å². The molecule has 0 saturated heterocycles. The van der Waals surface area contributed by atoms with Crippen LogP contribution in [0.3, 0.4) is 0 Å². The number of benzene rings is 1. The maximum atomic E-state index is 11.7. The number of methoxy groups -OCH3 is 1. The highest BCUT2D eigenvalue weighted by Crippen LogP contribution is 2.15. The molecule has 0 radical (unpaired) electrons. The summed E-state index contributed by atoms with van der Waals surface area (Å²) in [7, 11) is 1.62. The highest BCUT2D eigenvalue weighted by atomic mass is 16.5. The topological polar surface area (TPSA) is 51.3 Å². The first-order chi connectivity index (χ1) is 8.31. The van der Waals surface area contributed by atoms with E-state index >= 15 is 0 Å². The zero-order chi connectivity index (χ0) is 12.1. The van der Waals surface area contributed by atoms with Crippen molar-refractivity contribution in [3.63, 3.8) is 0 Å². The molecule has 4 nitrogen and oxygen atoms in total. The van der Waals surface area contributed by atoms with Gasteiger partial charge in [-0.3, -0.25) is 0 Å². The molecule has 1 N–H and O–H groups in total. The van der Waals surface area contributed by atoms with Crippen LogP contribution in [0.5, 0.6) is 0 Å². The van der Waals surface area contributed by atoms with Gasteiger partial charge in [0.05, 0.1) is 6.61 Å². The lowest BCUT2D eigenvalue weighted by molar-refractivity contribution is 0.0463. The minimum atomic E-state index is -0.322. The second kappa shape index (κ2) is 5.50. The zero-order valence-corrected chi connectivity index (χ0v) is 9.73. The summed E-state index contributed by atoms with van der Waals surface area (Å²) in [5.41, 5.74) is 1.43. The molecule has 4 heteroatoms. The van der Waals surface area contributed by atoms with Crippen LogP contribution in [0, 0.1) is 0 Å². The van der Waals surface area contributed by atoms with E-state index in [4.69, 9.17) is 9.47 Å². The molecule has 2 aromatic rings. The summed E-state index contributed by atoms with van der Waals surface area (Å²) in [6, 6.07) is 9.54. The van der Waals surface area contributed by atoms with Gasteiger partial charge in [0.1, 0.15) is 5.69 Å². The summed E-state index contributed by atoms with van der Waals surface area (Å²) in [6.45, 7) is 0.974. The molecule has 2 rings (SSSR count). The van der Waals surface area contributed by atoms with Crippen molar-refractivity contribution in [2.75, 3.05) is 20.3 Å². The van der Waals surface area contributed by atoms with E-state index < -0.39 is 0 Å². The molecule has 1 heterocycles. The first-order valence-corrected chi connectivity index (χ1v) is 5.55. The SMILES string of the molecule is COCCCOC(=O)c1cc2ccccc2[nH]1. The molecule has 0 saturated carbocycles. The molecule has 1 aromatic carbocycles. The maximum absolute atomic E-state index is 11.7. The molecule has 0 atom stereocenters. The van der Waals surface area contributed by atoms with Crippen molar-refractivity contribution in [3.8, 4) is 0 Å². The number of carbonyl (C=O) groups excluding carboxylic acids is 1. The number of hydrogen-bond acceptors (Lipinski definition) is 3. The Morgan fingerprint density at radius 3 is 2.88 bits per heavy atom. The van der Waals surface area contributed by atoms with Gasteiger partial charge in [0.15, 0.2) is 0 Å². The molecule has 0 unspecified atom stereocenters. The molecular formula is C13H15NO3. The lowest BCUT2D eigenvalue weighted by Crippen LogP contribution is -2.08. The average Bonchev–Trinajstić information content (AvgIpc) is 2.78. The zero-order valence-electron chi connectivity index (χ0n) is 9.73. The molecule has 0 aliphatic heterocycles. The molecule has 0 spiro atoms. The van der Waals surface area contributed by atoms with Gasteiger partial charge >= 0.3 is 5.97 Å². The molecule has 0 fully saturated rings. The molecule has 0 amide bonds. The number of aromatic amines is 1. The van der Waals surface area contributed by atoms with E-state index in [0.29, 0.717) is 25.3 Å². The van der Waals surface area contributed by atoms with Gasteiger partial charge in [-0.15, -0.1) is 0 Å². The van der Waals surface area contributed by atoms with Gasteiger partial charge in [-0.1, -0.05) is 18.2 Å². The van der Waals surface area contributed by atoms with Gasteiger partial charge in [0.25, 0.3) is 0 Å². The fourth-order valence-corrected chi connectivity index (χ4v) is 1.63. The first-order valence-electron chi connectivity index (χ1n) is 5.55. The van der Waals surface area contributed by atoms with Crippen LogP contribution in [0.25, 0.3) is 10.9 Å². The summed E-state index contributed by atoms with van der Waals surface area (Å²) >= 11 is 0. The molecule has 1 aromatic heterocycles. The van der Waals surface area contributed by atoms with Crippen LogP contribution in [0.15, 0.2) is 30.3 Å². The minimum Gasteiger partial charge on any atom is -0.461 e. The molecule has 0 aliphatic carbocycles. The molecule has 0 bridgehead atoms. The van der Waals surface area contributed by atoms with Crippen LogP contribution in [0.2, 0.25) is 0 Å². The van der Waals surface area contributed by atoms with Gasteiger partial charge in [0.2, 0.25) is 0 Å². The van der Waals surface area contributed by atoms with Crippen LogP contribution >= 0.6 is 0 Å². The van der Waals surface area contributed by atoms with Crippen molar-refractivity contribution in [1.82, 2.24) is 4.98 Å². The third kappa shape index (κ3) is 2.85. The average molecular weight is 233 g/mol. The lowest BCUT2D eigenvalue weighted by atomic mass is 10.2. The second-order valence-electron chi connectivity index (χ2n) is 3.75. The number of fused-ring (bicyclic) bond motifs is 1. The van der Waals surface area contributed by atoms with Gasteiger partial charge < -0.3 is 14.5 Å². The highest BCUT2D eigenvalue weighted by molar-refractivity contribution is 5.94. The summed E-state index contributed by atoms with van der Waals surface area (Å²) in [6.07, 6.45) is 0.711. The highest BCUT2D eigenvalue weighted by Gasteiger charge is 2.09. The number of rotatable bonds is 5. The van der Waals surface area contributed by atoms with E-state index in [9.17, 15) is 4.79 Å². The molecule has 0 aliphatic rings. The van der Waals surface area contributed by atoms with E-state index in [2.05, 4.69) is 4.98 Å². The lowest BCUT2D eigenvalue weighted by Gasteiger charge is -2.02. The van der Waals surface area contributed by atoms with Crippen molar-refractivity contribution in [2.45, 2.75) is 6.42 Å². The number of aromatic nitrogens is 1. The quantitative estimate of drug-likeness (QED) is 0.637. The maximum Gasteiger partial charge on any atom is 0.354 e. The number of H-pyrrole nitrogens is 1. The standard InChI is InChI=1S/C13H15NO3/c1-16-7-4-8-17-13(15)12-9-10-5-2-3-6-11(10)14-12/h2-3,5-6,9,14H,4,7-8H2,1H3. The largest absolute Gasteiger partial charge is 0.461 e. The van der Waals surface area contributed by atoms with Gasteiger partial charge in [0, 0.05) is 31.0 Å². The summed E-state index contributed by atoms with van der Waals surface area (Å²) in [5, 5.41) is 1.01. The van der Waals surface area contributed by atoms with Crippen molar-refractivity contribution >= 4 is 16.9 Å². The number of hydrogen-bond donors (Lipinski definition) is 1. The van der Waals surface area contributed by atoms with Crippen molar-refractivity contribution < 1.29 is 14.3 Å². The third-order valence-corrected chi connectivity index (χ3v) is 2.48. The predicted octanol–water partition coefficient (Wildman–Crippen LogP) is 2.36. The summed E-state index contributed by atoms with van der Waals surface area (Å²) in [5.74, 6) is -0.322. The van der Waals surface area contributed by atoms with Crippen molar-refractivity contribution in [1.29, 1.82) is 0 Å². The number of ether oxygens (including phenoxy) is 2. The summed E-state index contributed by atoms with van der Waals surface area (Å²) < 4.78 is 9.99. The fraction of sp³-hybridized carbons (Fsp3) is 0.308. The Labute approximate surface area is 99.5 Å². The predicted molar refractivity (Wildman–Crippen MR) is 65.1 cm³/mol. The summed E-state index contributed by atoms with van der Waals surface area (Å²) in [4.78, 5) is 14.7. The molecule has 90 valence electrons. The molecule has 17 heavy (non-hydrogen) atoms. The van der Waals surface area contributed by atoms with E-state index in [-0.39, 0.29) is 5.97 Å². The molecular weight excluding hydrogens is 218 g/mol. The number of para-hydroxylation sites is 1. The van der Waals surface area contributed by atoms with E-state index in [0.717, 1.165) is 10.9 Å². The fourth-order valence-electron chi connectivity index (χ4n) is 1.63. The van der Waals surface area contributed by atoms with E-state index in [1.54, 1.807) is 13.2 Å². The Hall–Kier alpha value is -1.81. The van der Waals surface area contributed by atoms with Crippen LogP contribution in [0.4, 0.5) is 0 Å². The number of nitrogens with one attached hydrogen (secondary N) is 1. The van der Waals surface area contributed by atoms with Crippen LogP contribution in [-0.4, -0.2) is 31.3 Å². The van der Waals surface area contributed by atoms with E-state index in [1.807, 2.05) is 24.3 Å². The minimum absolute atomic E-state index is 0.322. The second-order valence-corrected chi connectivity index (χ2v) is 3.75. The van der Waals surface area contributed by atoms with Crippen molar-refractivity contribution in [2.24, 2.45) is 0 Å². The first kappa shape index (κ1) is 11.7. The van der Waals surface area contributed by atoms with Crippen LogP contribution in [-0.2, 0) is 9.47 Å². The number of carbonyl (C=O) groups is 1. The Bertz CT molecular complexity index is 471. The smallest absolute Gasteiger partial charge is 0.354 e. The normalized spacial score (nSPS) is 10.6. The van der Waals surface area contributed by atoms with Gasteiger partial charge in [-0.05, 0) is 12.1 Å². The van der Waals surface area contributed by atoms with E-state index in [1.165, 1.54) is 0 Å². The monoisotopic (exact) mass is 233 g/mol. The van der Waals surface area contributed by atoms with Gasteiger partial charge in [-0.2, -0.15) is 0 Å². The Kier molecular flexibility index (Phi) is 3.77. The Morgan fingerprint density at radius 2 is 2.12 bits per heavy atom. The third-order valence-electron chi connectivity index (χ3n) is 2.48. The Balaban J connectivity index is 1.99.